The van der Waals surface area contributed by atoms with E-state index in [2.05, 4.69) is 50.7 Å². The molecule has 0 aromatic carbocycles. The minimum absolute atomic E-state index is 0.611. The van der Waals surface area contributed by atoms with Crippen LogP contribution in [0.25, 0.3) is 0 Å². The van der Waals surface area contributed by atoms with Crippen molar-refractivity contribution in [3.05, 3.63) is 29.6 Å². The first kappa shape index (κ1) is 8.25. The fourth-order valence-corrected chi connectivity index (χ4v) is 1.27. The summed E-state index contributed by atoms with van der Waals surface area (Å²) < 4.78 is 2.18. The van der Waals surface area contributed by atoms with Gasteiger partial charge < -0.3 is 0 Å². The third-order valence-corrected chi connectivity index (χ3v) is 1.94. The summed E-state index contributed by atoms with van der Waals surface area (Å²) >= 11 is 0. The van der Waals surface area contributed by atoms with E-state index in [1.807, 2.05) is 0 Å². The molecule has 60 valence electrons. The van der Waals surface area contributed by atoms with Crippen LogP contribution in [0.2, 0.25) is 0 Å². The lowest BCUT2D eigenvalue weighted by Crippen LogP contribution is -2.33. The van der Waals surface area contributed by atoms with E-state index in [-0.39, 0.29) is 0 Å². The van der Waals surface area contributed by atoms with E-state index < -0.39 is 0 Å². The first-order chi connectivity index (χ1) is 5.11. The second-order valence-corrected chi connectivity index (χ2v) is 3.39. The van der Waals surface area contributed by atoms with Crippen molar-refractivity contribution in [2.24, 2.45) is 7.05 Å². The first-order valence-corrected chi connectivity index (χ1v) is 4.07. The van der Waals surface area contributed by atoms with Gasteiger partial charge in [-0.25, -0.2) is 4.57 Å². The Balaban J connectivity index is 3.13. The molecule has 0 fully saturated rings. The molecule has 11 heavy (non-hydrogen) atoms. The van der Waals surface area contributed by atoms with Gasteiger partial charge in [-0.3, -0.25) is 0 Å². The van der Waals surface area contributed by atoms with Crippen LogP contribution in [-0.4, -0.2) is 0 Å². The molecular weight excluding hydrogens is 134 g/mol. The van der Waals surface area contributed by atoms with Crippen molar-refractivity contribution >= 4 is 0 Å². The number of pyridine rings is 1. The number of aromatic nitrogens is 1. The minimum atomic E-state index is 0.611. The lowest BCUT2D eigenvalue weighted by molar-refractivity contribution is -0.680. The maximum absolute atomic E-state index is 2.24. The molecule has 0 aliphatic rings. The monoisotopic (exact) mass is 150 g/mol. The van der Waals surface area contributed by atoms with Crippen LogP contribution in [-0.2, 0) is 7.05 Å². The highest BCUT2D eigenvalue weighted by atomic mass is 14.9. The Kier molecular flexibility index (Phi) is 2.28. The van der Waals surface area contributed by atoms with E-state index in [0.717, 1.165) is 0 Å². The van der Waals surface area contributed by atoms with Crippen LogP contribution < -0.4 is 4.57 Å². The van der Waals surface area contributed by atoms with Crippen molar-refractivity contribution in [3.8, 4) is 0 Å². The minimum Gasteiger partial charge on any atom is -0.205 e. The first-order valence-electron chi connectivity index (χ1n) is 4.07. The van der Waals surface area contributed by atoms with Crippen molar-refractivity contribution in [1.29, 1.82) is 0 Å². The second-order valence-electron chi connectivity index (χ2n) is 3.39. The molecule has 1 nitrogen and oxygen atoms in total. The maximum atomic E-state index is 2.24. The van der Waals surface area contributed by atoms with Gasteiger partial charge in [-0.15, -0.1) is 0 Å². The zero-order chi connectivity index (χ0) is 8.43. The van der Waals surface area contributed by atoms with Gasteiger partial charge in [-0.1, -0.05) is 13.8 Å². The van der Waals surface area contributed by atoms with Crippen LogP contribution >= 0.6 is 0 Å². The van der Waals surface area contributed by atoms with Crippen molar-refractivity contribution in [3.63, 3.8) is 0 Å². The quantitative estimate of drug-likeness (QED) is 0.539. The zero-order valence-corrected chi connectivity index (χ0v) is 7.76. The van der Waals surface area contributed by atoms with Gasteiger partial charge in [0, 0.05) is 18.1 Å². The molecule has 1 aromatic rings. The smallest absolute Gasteiger partial charge is 0.183 e. The second kappa shape index (κ2) is 3.04. The van der Waals surface area contributed by atoms with E-state index in [9.17, 15) is 0 Å². The highest BCUT2D eigenvalue weighted by Crippen LogP contribution is 2.09. The molecule has 1 rings (SSSR count). The normalized spacial score (nSPS) is 10.6. The van der Waals surface area contributed by atoms with Gasteiger partial charge in [-0.2, -0.15) is 0 Å². The maximum Gasteiger partial charge on any atom is 0.183 e. The summed E-state index contributed by atoms with van der Waals surface area (Å²) in [5, 5.41) is 0. The summed E-state index contributed by atoms with van der Waals surface area (Å²) in [6, 6.07) is 4.37. The molecule has 0 aliphatic carbocycles. The molecule has 0 aliphatic heterocycles. The Morgan fingerprint density at radius 2 is 2.00 bits per heavy atom. The molecule has 0 N–H and O–H groups in total. The molecule has 1 heteroatoms. The fourth-order valence-electron chi connectivity index (χ4n) is 1.27. The van der Waals surface area contributed by atoms with E-state index in [0.29, 0.717) is 5.92 Å². The van der Waals surface area contributed by atoms with Crippen LogP contribution in [0.5, 0.6) is 0 Å². The largest absolute Gasteiger partial charge is 0.205 e. The number of nitrogens with zero attached hydrogens (tertiary/aromatic N) is 1. The zero-order valence-electron chi connectivity index (χ0n) is 7.76. The van der Waals surface area contributed by atoms with Gasteiger partial charge in [0.15, 0.2) is 11.9 Å². The summed E-state index contributed by atoms with van der Waals surface area (Å²) in [4.78, 5) is 0. The third kappa shape index (κ3) is 1.79. The Morgan fingerprint density at radius 1 is 1.36 bits per heavy atom. The molecule has 0 saturated heterocycles. The van der Waals surface area contributed by atoms with Gasteiger partial charge in [0.05, 0.1) is 0 Å². The van der Waals surface area contributed by atoms with Crippen molar-refractivity contribution in [1.82, 2.24) is 0 Å². The highest BCUT2D eigenvalue weighted by Gasteiger charge is 2.09. The predicted molar refractivity (Wildman–Crippen MR) is 46.4 cm³/mol. The molecule has 0 atom stereocenters. The standard InChI is InChI=1S/C10H16N/c1-8(2)10-7-9(3)5-6-11(10)4/h5-8H,1-4H3/q+1. The summed E-state index contributed by atoms with van der Waals surface area (Å²) in [7, 11) is 2.09. The van der Waals surface area contributed by atoms with Crippen molar-refractivity contribution in [2.45, 2.75) is 26.7 Å². The molecule has 0 amide bonds. The van der Waals surface area contributed by atoms with Crippen LogP contribution in [0, 0.1) is 6.92 Å². The molecular formula is C10H16N+. The highest BCUT2D eigenvalue weighted by molar-refractivity contribution is 5.12. The van der Waals surface area contributed by atoms with E-state index in [1.165, 1.54) is 11.3 Å². The third-order valence-electron chi connectivity index (χ3n) is 1.94. The Hall–Kier alpha value is -0.850. The lowest BCUT2D eigenvalue weighted by atomic mass is 10.1. The molecule has 0 bridgehead atoms. The van der Waals surface area contributed by atoms with Crippen molar-refractivity contribution in [2.75, 3.05) is 0 Å². The molecule has 0 unspecified atom stereocenters. The summed E-state index contributed by atoms with van der Waals surface area (Å²) in [6.45, 7) is 6.56. The number of rotatable bonds is 1. The average Bonchev–Trinajstić information content (AvgIpc) is 1.94. The van der Waals surface area contributed by atoms with Crippen LogP contribution in [0.15, 0.2) is 18.3 Å². The van der Waals surface area contributed by atoms with Gasteiger partial charge in [0.25, 0.3) is 0 Å². The SMILES string of the molecule is Cc1cc[n+](C)c(C(C)C)c1. The van der Waals surface area contributed by atoms with Crippen molar-refractivity contribution < 1.29 is 4.57 Å². The van der Waals surface area contributed by atoms with Gasteiger partial charge in [-0.05, 0) is 12.5 Å². The molecule has 0 spiro atoms. The van der Waals surface area contributed by atoms with Crippen LogP contribution in [0.3, 0.4) is 0 Å². The predicted octanol–water partition coefficient (Wildman–Crippen LogP) is 1.94. The Labute approximate surface area is 68.7 Å². The summed E-state index contributed by atoms with van der Waals surface area (Å²) in [5.74, 6) is 0.611. The average molecular weight is 150 g/mol. The lowest BCUT2D eigenvalue weighted by Gasteiger charge is -2.02. The number of aryl methyl sites for hydroxylation is 2. The van der Waals surface area contributed by atoms with Gasteiger partial charge >= 0.3 is 0 Å². The van der Waals surface area contributed by atoms with E-state index in [4.69, 9.17) is 0 Å². The fraction of sp³-hybridized carbons (Fsp3) is 0.500. The molecule has 0 radical (unpaired) electrons. The molecule has 1 heterocycles. The van der Waals surface area contributed by atoms with Gasteiger partial charge in [0.1, 0.15) is 7.05 Å². The molecule has 0 saturated carbocycles. The topological polar surface area (TPSA) is 3.88 Å². The van der Waals surface area contributed by atoms with E-state index >= 15 is 0 Å². The van der Waals surface area contributed by atoms with Crippen LogP contribution in [0.4, 0.5) is 0 Å². The summed E-state index contributed by atoms with van der Waals surface area (Å²) in [5.41, 5.74) is 2.73. The summed E-state index contributed by atoms with van der Waals surface area (Å²) in [6.07, 6.45) is 2.12. The number of hydrogen-bond donors (Lipinski definition) is 0. The molecule has 1 aromatic heterocycles. The Bertz CT molecular complexity index is 251. The van der Waals surface area contributed by atoms with E-state index in [1.54, 1.807) is 0 Å². The van der Waals surface area contributed by atoms with Crippen LogP contribution in [0.1, 0.15) is 31.0 Å². The Morgan fingerprint density at radius 3 is 2.45 bits per heavy atom. The van der Waals surface area contributed by atoms with Gasteiger partial charge in [0.2, 0.25) is 0 Å². The number of hydrogen-bond acceptors (Lipinski definition) is 0.